The maximum atomic E-state index is 13.2. The van der Waals surface area contributed by atoms with E-state index in [-0.39, 0.29) is 12.1 Å². The Labute approximate surface area is 169 Å². The largest absolute Gasteiger partial charge is 0.462 e. The van der Waals surface area contributed by atoms with Gasteiger partial charge in [-0.2, -0.15) is 0 Å². The molecule has 1 atom stereocenters. The Morgan fingerprint density at radius 1 is 1.10 bits per heavy atom. The van der Waals surface area contributed by atoms with Crippen molar-refractivity contribution in [3.05, 3.63) is 83.7 Å². The van der Waals surface area contributed by atoms with Crippen LogP contribution < -0.4 is 5.32 Å². The molecule has 0 bridgehead atoms. The SMILES string of the molecule is CCOC(=O)c1cccc(NC(=O)N2Cc3ccccc3-n3cccc3C2C)c1. The van der Waals surface area contributed by atoms with Crippen LogP contribution in [0.1, 0.15) is 41.5 Å². The van der Waals surface area contributed by atoms with E-state index in [0.29, 0.717) is 24.4 Å². The maximum Gasteiger partial charge on any atom is 0.338 e. The second kappa shape index (κ2) is 7.83. The number of benzene rings is 2. The van der Waals surface area contributed by atoms with E-state index in [1.54, 1.807) is 36.1 Å². The molecule has 3 aromatic rings. The Kier molecular flexibility index (Phi) is 5.08. The first-order chi connectivity index (χ1) is 14.1. The molecule has 0 spiro atoms. The number of nitrogens with zero attached hydrogens (tertiary/aromatic N) is 2. The zero-order chi connectivity index (χ0) is 20.4. The Balaban J connectivity index is 1.61. The number of amides is 2. The van der Waals surface area contributed by atoms with Crippen LogP contribution in [-0.4, -0.2) is 28.1 Å². The fraction of sp³-hybridized carbons (Fsp3) is 0.217. The summed E-state index contributed by atoms with van der Waals surface area (Å²) in [5.74, 6) is -0.404. The van der Waals surface area contributed by atoms with Gasteiger partial charge >= 0.3 is 12.0 Å². The molecule has 1 unspecified atom stereocenters. The van der Waals surface area contributed by atoms with Crippen molar-refractivity contribution in [2.24, 2.45) is 0 Å². The second-order valence-electron chi connectivity index (χ2n) is 6.97. The van der Waals surface area contributed by atoms with Gasteiger partial charge in [0.1, 0.15) is 0 Å². The lowest BCUT2D eigenvalue weighted by atomic mass is 10.1. The van der Waals surface area contributed by atoms with Gasteiger partial charge in [-0.25, -0.2) is 9.59 Å². The van der Waals surface area contributed by atoms with Crippen molar-refractivity contribution in [1.82, 2.24) is 9.47 Å². The van der Waals surface area contributed by atoms with Crippen LogP contribution in [0.2, 0.25) is 0 Å². The maximum absolute atomic E-state index is 13.2. The summed E-state index contributed by atoms with van der Waals surface area (Å²) in [5, 5.41) is 2.93. The van der Waals surface area contributed by atoms with Crippen LogP contribution in [0, 0.1) is 0 Å². The first kappa shape index (κ1) is 18.8. The number of fused-ring (bicyclic) bond motifs is 3. The molecule has 1 aliphatic rings. The van der Waals surface area contributed by atoms with Crippen LogP contribution in [0.15, 0.2) is 66.9 Å². The van der Waals surface area contributed by atoms with Crippen LogP contribution in [0.4, 0.5) is 10.5 Å². The molecule has 6 heteroatoms. The Morgan fingerprint density at radius 3 is 2.76 bits per heavy atom. The minimum atomic E-state index is -0.404. The van der Waals surface area contributed by atoms with Crippen molar-refractivity contribution in [3.8, 4) is 5.69 Å². The van der Waals surface area contributed by atoms with Crippen molar-refractivity contribution < 1.29 is 14.3 Å². The van der Waals surface area contributed by atoms with Crippen molar-refractivity contribution in [2.75, 3.05) is 11.9 Å². The fourth-order valence-electron chi connectivity index (χ4n) is 3.69. The van der Waals surface area contributed by atoms with Crippen molar-refractivity contribution in [3.63, 3.8) is 0 Å². The van der Waals surface area contributed by atoms with E-state index in [0.717, 1.165) is 16.9 Å². The smallest absolute Gasteiger partial charge is 0.338 e. The third kappa shape index (κ3) is 3.61. The highest BCUT2D eigenvalue weighted by molar-refractivity contribution is 5.94. The fourth-order valence-corrected chi connectivity index (χ4v) is 3.69. The first-order valence-electron chi connectivity index (χ1n) is 9.69. The summed E-state index contributed by atoms with van der Waals surface area (Å²) < 4.78 is 7.18. The van der Waals surface area contributed by atoms with E-state index in [1.165, 1.54) is 0 Å². The minimum absolute atomic E-state index is 0.120. The predicted octanol–water partition coefficient (Wildman–Crippen LogP) is 4.76. The molecule has 1 aromatic heterocycles. The number of urea groups is 1. The number of para-hydroxylation sites is 1. The number of carbonyl (C=O) groups is 2. The minimum Gasteiger partial charge on any atom is -0.462 e. The monoisotopic (exact) mass is 389 g/mol. The number of carbonyl (C=O) groups excluding carboxylic acids is 2. The summed E-state index contributed by atoms with van der Waals surface area (Å²) >= 11 is 0. The molecule has 0 saturated heterocycles. The lowest BCUT2D eigenvalue weighted by Crippen LogP contribution is -2.36. The van der Waals surface area contributed by atoms with Gasteiger partial charge in [0, 0.05) is 17.6 Å². The van der Waals surface area contributed by atoms with E-state index in [4.69, 9.17) is 4.74 Å². The van der Waals surface area contributed by atoms with Gasteiger partial charge < -0.3 is 19.5 Å². The molecule has 0 fully saturated rings. The average molecular weight is 389 g/mol. The van der Waals surface area contributed by atoms with Crippen LogP contribution in [0.3, 0.4) is 0 Å². The molecule has 6 nitrogen and oxygen atoms in total. The highest BCUT2D eigenvalue weighted by Gasteiger charge is 2.28. The van der Waals surface area contributed by atoms with Gasteiger partial charge in [0.25, 0.3) is 0 Å². The first-order valence-corrected chi connectivity index (χ1v) is 9.69. The quantitative estimate of drug-likeness (QED) is 0.657. The van der Waals surface area contributed by atoms with E-state index < -0.39 is 5.97 Å². The summed E-state index contributed by atoms with van der Waals surface area (Å²) in [5.41, 5.74) is 4.17. The van der Waals surface area contributed by atoms with Gasteiger partial charge in [0.2, 0.25) is 0 Å². The Bertz CT molecular complexity index is 1060. The number of anilines is 1. The summed E-state index contributed by atoms with van der Waals surface area (Å²) in [6.07, 6.45) is 2.02. The van der Waals surface area contributed by atoms with Gasteiger partial charge in [0.15, 0.2) is 0 Å². The number of esters is 1. The van der Waals surface area contributed by atoms with Crippen LogP contribution in [-0.2, 0) is 11.3 Å². The molecule has 4 rings (SSSR count). The highest BCUT2D eigenvalue weighted by atomic mass is 16.5. The summed E-state index contributed by atoms with van der Waals surface area (Å²) in [7, 11) is 0. The lowest BCUT2D eigenvalue weighted by Gasteiger charge is -2.27. The molecule has 148 valence electrons. The third-order valence-electron chi connectivity index (χ3n) is 5.15. The summed E-state index contributed by atoms with van der Waals surface area (Å²) in [4.78, 5) is 26.9. The molecule has 0 aliphatic carbocycles. The number of hydrogen-bond donors (Lipinski definition) is 1. The molecular weight excluding hydrogens is 366 g/mol. The molecule has 2 heterocycles. The van der Waals surface area contributed by atoms with Crippen LogP contribution in [0.25, 0.3) is 5.69 Å². The molecule has 0 saturated carbocycles. The predicted molar refractivity (Wildman–Crippen MR) is 111 cm³/mol. The van der Waals surface area contributed by atoms with Crippen molar-refractivity contribution >= 4 is 17.7 Å². The number of aromatic nitrogens is 1. The molecule has 1 aliphatic heterocycles. The van der Waals surface area contributed by atoms with Crippen LogP contribution >= 0.6 is 0 Å². The van der Waals surface area contributed by atoms with Crippen LogP contribution in [0.5, 0.6) is 0 Å². The number of rotatable bonds is 3. The molecule has 1 N–H and O–H groups in total. The summed E-state index contributed by atoms with van der Waals surface area (Å²) in [6.45, 7) is 4.58. The molecule has 2 amide bonds. The summed E-state index contributed by atoms with van der Waals surface area (Å²) in [6, 6.07) is 18.6. The Morgan fingerprint density at radius 2 is 1.93 bits per heavy atom. The van der Waals surface area contributed by atoms with E-state index in [9.17, 15) is 9.59 Å². The van der Waals surface area contributed by atoms with Gasteiger partial charge in [-0.05, 0) is 55.8 Å². The van der Waals surface area contributed by atoms with E-state index in [1.807, 2.05) is 43.5 Å². The topological polar surface area (TPSA) is 63.6 Å². The lowest BCUT2D eigenvalue weighted by molar-refractivity contribution is 0.0526. The van der Waals surface area contributed by atoms with Gasteiger partial charge in [-0.1, -0.05) is 24.3 Å². The molecule has 0 radical (unpaired) electrons. The third-order valence-corrected chi connectivity index (χ3v) is 5.15. The van der Waals surface area contributed by atoms with E-state index >= 15 is 0 Å². The average Bonchev–Trinajstić information content (AvgIpc) is 3.18. The van der Waals surface area contributed by atoms with Crippen molar-refractivity contribution in [1.29, 1.82) is 0 Å². The number of ether oxygens (including phenoxy) is 1. The molecule has 29 heavy (non-hydrogen) atoms. The highest BCUT2D eigenvalue weighted by Crippen LogP contribution is 2.32. The normalized spacial score (nSPS) is 15.1. The number of nitrogens with one attached hydrogen (secondary N) is 1. The van der Waals surface area contributed by atoms with Gasteiger partial charge in [0.05, 0.1) is 30.4 Å². The molecular formula is C23H23N3O3. The standard InChI is InChI=1S/C23H23N3O3/c1-3-29-22(27)17-9-6-10-19(14-17)24-23(28)26-15-18-8-4-5-11-21(18)25-13-7-12-20(25)16(26)2/h4-14,16H,3,15H2,1-2H3,(H,24,28). The zero-order valence-electron chi connectivity index (χ0n) is 16.5. The molecule has 2 aromatic carbocycles. The second-order valence-corrected chi connectivity index (χ2v) is 6.97. The number of hydrogen-bond acceptors (Lipinski definition) is 3. The van der Waals surface area contributed by atoms with Gasteiger partial charge in [-0.15, -0.1) is 0 Å². The van der Waals surface area contributed by atoms with E-state index in [2.05, 4.69) is 16.0 Å². The zero-order valence-corrected chi connectivity index (χ0v) is 16.5. The Hall–Kier alpha value is -3.54. The van der Waals surface area contributed by atoms with Gasteiger partial charge in [-0.3, -0.25) is 0 Å². The van der Waals surface area contributed by atoms with Crippen molar-refractivity contribution in [2.45, 2.75) is 26.4 Å².